The molecular formula is C70H93N7O17. The summed E-state index contributed by atoms with van der Waals surface area (Å²) in [4.78, 5) is 68.7. The number of nitrogens with zero attached hydrogens (tertiary/aromatic N) is 7. The van der Waals surface area contributed by atoms with Crippen LogP contribution in [0.5, 0.6) is 46.0 Å². The molecule has 3 saturated heterocycles. The number of rotatable bonds is 30. The number of ether oxygens (including phenoxy) is 13. The van der Waals surface area contributed by atoms with Gasteiger partial charge in [0.1, 0.15) is 26.4 Å². The minimum Gasteiger partial charge on any atom is -0.454 e. The minimum atomic E-state index is -1.13. The number of benzene rings is 4. The van der Waals surface area contributed by atoms with Crippen LogP contribution in [-0.4, -0.2) is 227 Å². The first-order valence-corrected chi connectivity index (χ1v) is 34.0. The van der Waals surface area contributed by atoms with Crippen LogP contribution in [0.25, 0.3) is 0 Å². The van der Waals surface area contributed by atoms with Crippen LogP contribution in [0.4, 0.5) is 19.2 Å². The van der Waals surface area contributed by atoms with E-state index in [0.717, 1.165) is 100 Å². The van der Waals surface area contributed by atoms with E-state index in [0.29, 0.717) is 98.0 Å². The number of carbonyl (C=O) groups is 4. The molecular weight excluding hydrogens is 1210 g/mol. The molecule has 7 heterocycles. The molecule has 24 nitrogen and oxygen atoms in total. The van der Waals surface area contributed by atoms with Crippen molar-refractivity contribution in [1.82, 2.24) is 34.3 Å². The summed E-state index contributed by atoms with van der Waals surface area (Å²) in [6.45, 7) is 17.4. The Hall–Kier alpha value is -7.80. The van der Waals surface area contributed by atoms with Gasteiger partial charge in [0.05, 0.1) is 25.8 Å². The predicted octanol–water partition coefficient (Wildman–Crippen LogP) is 9.34. The van der Waals surface area contributed by atoms with Crippen LogP contribution in [0.3, 0.4) is 0 Å². The minimum absolute atomic E-state index is 0.0485. The Kier molecular flexibility index (Phi) is 22.0. The maximum Gasteiger partial charge on any atom is 0.415 e. The van der Waals surface area contributed by atoms with E-state index < -0.39 is 49.4 Å². The Morgan fingerprint density at radius 2 is 0.840 bits per heavy atom. The number of likely N-dealkylation sites (tertiary alicyclic amines) is 3. The van der Waals surface area contributed by atoms with Gasteiger partial charge in [0.25, 0.3) is 12.6 Å². The largest absolute Gasteiger partial charge is 0.454 e. The average molecular weight is 1300 g/mol. The number of fused-ring (bicyclic) bond motifs is 4. The zero-order valence-corrected chi connectivity index (χ0v) is 55.1. The van der Waals surface area contributed by atoms with Crippen molar-refractivity contribution in [3.05, 3.63) is 95.1 Å². The molecule has 7 atom stereocenters. The lowest BCUT2D eigenvalue weighted by Gasteiger charge is -2.32. The van der Waals surface area contributed by atoms with Gasteiger partial charge >= 0.3 is 30.8 Å². The second-order valence-electron chi connectivity index (χ2n) is 26.1. The van der Waals surface area contributed by atoms with Gasteiger partial charge in [0, 0.05) is 50.8 Å². The van der Waals surface area contributed by atoms with Gasteiger partial charge in [-0.15, -0.1) is 0 Å². The molecule has 4 aromatic rings. The first-order valence-electron chi connectivity index (χ1n) is 34.0. The van der Waals surface area contributed by atoms with Gasteiger partial charge in [-0.05, 0) is 208 Å². The van der Waals surface area contributed by atoms with Gasteiger partial charge in [0.2, 0.25) is 6.79 Å². The molecule has 0 N–H and O–H groups in total. The molecule has 8 aliphatic rings. The van der Waals surface area contributed by atoms with Crippen molar-refractivity contribution in [2.75, 3.05) is 119 Å². The number of hydrogen-bond donors (Lipinski definition) is 0. The summed E-state index contributed by atoms with van der Waals surface area (Å²) in [5, 5.41) is 0. The third kappa shape index (κ3) is 17.4. The normalized spacial score (nSPS) is 20.6. The second-order valence-corrected chi connectivity index (χ2v) is 26.1. The van der Waals surface area contributed by atoms with Crippen molar-refractivity contribution in [2.24, 2.45) is 0 Å². The number of hydrogen-bond acceptors (Lipinski definition) is 20. The van der Waals surface area contributed by atoms with Crippen LogP contribution in [-0.2, 0) is 49.4 Å². The van der Waals surface area contributed by atoms with Crippen molar-refractivity contribution >= 4 is 24.4 Å². The van der Waals surface area contributed by atoms with Gasteiger partial charge < -0.3 is 66.5 Å². The predicted molar refractivity (Wildman–Crippen MR) is 344 cm³/mol. The molecule has 7 unspecified atom stereocenters. The Labute approximate surface area is 551 Å². The van der Waals surface area contributed by atoms with E-state index in [9.17, 15) is 19.2 Å². The zero-order chi connectivity index (χ0) is 65.1. The molecule has 0 bridgehead atoms. The fraction of sp³-hybridized carbons (Fsp3) is 0.600. The number of amides is 4. The third-order valence-corrected chi connectivity index (χ3v) is 18.8. The van der Waals surface area contributed by atoms with Crippen molar-refractivity contribution in [2.45, 2.75) is 154 Å². The number of piperidine rings is 1. The molecule has 12 rings (SSSR count). The summed E-state index contributed by atoms with van der Waals surface area (Å²) in [5.74, 6) is 4.36. The molecule has 0 spiro atoms. The summed E-state index contributed by atoms with van der Waals surface area (Å²) < 4.78 is 78.7. The number of carbonyl (C=O) groups excluding carboxylic acids is 4. The maximum absolute atomic E-state index is 14.2. The highest BCUT2D eigenvalue weighted by atomic mass is 16.7. The molecule has 510 valence electrons. The Morgan fingerprint density at radius 3 is 1.35 bits per heavy atom. The topological polar surface area (TPSA) is 211 Å². The average Bonchev–Trinajstić information content (AvgIpc) is 1.68. The van der Waals surface area contributed by atoms with Gasteiger partial charge in [0.15, 0.2) is 46.0 Å². The van der Waals surface area contributed by atoms with Crippen LogP contribution in [0, 0.1) is 0 Å². The van der Waals surface area contributed by atoms with Crippen LogP contribution in [0.2, 0.25) is 0 Å². The zero-order valence-electron chi connectivity index (χ0n) is 55.1. The molecule has 4 aromatic carbocycles. The molecule has 4 amide bonds. The molecule has 4 fully saturated rings. The van der Waals surface area contributed by atoms with E-state index in [1.807, 2.05) is 100 Å². The van der Waals surface area contributed by atoms with E-state index in [1.165, 1.54) is 24.2 Å². The fourth-order valence-electron chi connectivity index (χ4n) is 13.0. The van der Waals surface area contributed by atoms with Crippen molar-refractivity contribution in [1.29, 1.82) is 0 Å². The van der Waals surface area contributed by atoms with E-state index in [1.54, 1.807) is 21.7 Å². The van der Waals surface area contributed by atoms with Crippen molar-refractivity contribution in [3.63, 3.8) is 0 Å². The van der Waals surface area contributed by atoms with E-state index in [4.69, 9.17) is 61.6 Å². The van der Waals surface area contributed by atoms with E-state index in [2.05, 4.69) is 14.7 Å². The van der Waals surface area contributed by atoms with E-state index >= 15 is 0 Å². The summed E-state index contributed by atoms with van der Waals surface area (Å²) in [6.07, 6.45) is 6.38. The van der Waals surface area contributed by atoms with Crippen molar-refractivity contribution < 1.29 is 80.8 Å². The van der Waals surface area contributed by atoms with Gasteiger partial charge in [-0.3, -0.25) is 24.5 Å². The standard InChI is InChI=1S/C70H93N7O17/c1-47(71(5)66(78)83-31-28-72-22-7-6-8-23-72)36-51-13-19-57-61(41-51)91-64(89-57)44-75(67(79)84-32-29-73-24-9-10-25-73)48(2)37-52-14-20-58-62(42-52)92-65(90-58)45-76(68(80)85-33-30-74-26-11-27-74)49(3)38-53-15-21-59-63(43-53)94-70(93-59)77(69(81)86-35-34-82-55-16-17-55)50(4)39-54-12-18-56-60(40-54)88-46-87-56/h12-15,18-21,40-43,47-50,55,64-65,70H,6-11,16-17,22-39,44-46H2,1-5H3. The highest BCUT2D eigenvalue weighted by molar-refractivity contribution is 5.70. The van der Waals surface area contributed by atoms with Crippen LogP contribution in [0.1, 0.15) is 101 Å². The molecule has 1 saturated carbocycles. The first-order chi connectivity index (χ1) is 45.7. The van der Waals surface area contributed by atoms with E-state index in [-0.39, 0.29) is 64.0 Å². The monoisotopic (exact) mass is 1300 g/mol. The SMILES string of the molecule is CC(Cc1ccc2c(c1)OC(CN(C(=O)OCCN1CCCC1)C(C)Cc1ccc3c(c1)OC(CN(C(=O)OCCN1CCC1)C(C)Cc1ccc4c(c1)OC(N(C(=O)OCCOC1CC1)C(C)Cc1ccc5c(c1)OCO5)O4)O3)O2)N(C)C(=O)OCCN1CCCCC1. The van der Waals surface area contributed by atoms with Gasteiger partial charge in [-0.25, -0.2) is 24.1 Å². The van der Waals surface area contributed by atoms with Crippen LogP contribution < -0.4 is 37.9 Å². The Balaban J connectivity index is 0.672. The summed E-state index contributed by atoms with van der Waals surface area (Å²) in [7, 11) is 1.77. The second kappa shape index (κ2) is 31.2. The highest BCUT2D eigenvalue weighted by Crippen LogP contribution is 2.41. The van der Waals surface area contributed by atoms with Gasteiger partial charge in [-0.2, -0.15) is 0 Å². The maximum atomic E-state index is 14.2. The first kappa shape index (κ1) is 66.2. The molecule has 0 radical (unpaired) electrons. The molecule has 0 aromatic heterocycles. The molecule has 24 heteroatoms. The quantitative estimate of drug-likeness (QED) is 0.0351. The van der Waals surface area contributed by atoms with Gasteiger partial charge in [-0.1, -0.05) is 30.7 Å². The number of likely N-dealkylation sites (N-methyl/N-ethyl adjacent to an activating group) is 1. The summed E-state index contributed by atoms with van der Waals surface area (Å²) >= 11 is 0. The molecule has 7 aliphatic heterocycles. The summed E-state index contributed by atoms with van der Waals surface area (Å²) in [5.41, 5.74) is 3.63. The fourth-order valence-corrected chi connectivity index (χ4v) is 13.0. The molecule has 94 heavy (non-hydrogen) atoms. The lowest BCUT2D eigenvalue weighted by molar-refractivity contribution is -0.0949. The third-order valence-electron chi connectivity index (χ3n) is 18.8. The van der Waals surface area contributed by atoms with Crippen LogP contribution in [0.15, 0.2) is 72.8 Å². The smallest absolute Gasteiger partial charge is 0.415 e. The Morgan fingerprint density at radius 1 is 0.436 bits per heavy atom. The lowest BCUT2D eigenvalue weighted by Crippen LogP contribution is -2.51. The van der Waals surface area contributed by atoms with Crippen LogP contribution >= 0.6 is 0 Å². The molecule has 1 aliphatic carbocycles. The summed E-state index contributed by atoms with van der Waals surface area (Å²) in [6, 6.07) is 21.4. The lowest BCUT2D eigenvalue weighted by atomic mass is 10.1. The van der Waals surface area contributed by atoms with Crippen molar-refractivity contribution in [3.8, 4) is 46.0 Å². The Bertz CT molecular complexity index is 3230. The highest BCUT2D eigenvalue weighted by Gasteiger charge is 2.40.